The first-order valence-electron chi connectivity index (χ1n) is 10.1. The van der Waals surface area contributed by atoms with Gasteiger partial charge in [-0.3, -0.25) is 4.79 Å². The maximum atomic E-state index is 12.6. The monoisotopic (exact) mass is 403 g/mol. The number of benzene rings is 1. The van der Waals surface area contributed by atoms with Crippen molar-refractivity contribution in [3.8, 4) is 17.0 Å². The van der Waals surface area contributed by atoms with E-state index in [-0.39, 0.29) is 11.8 Å². The van der Waals surface area contributed by atoms with E-state index in [0.29, 0.717) is 5.82 Å². The van der Waals surface area contributed by atoms with Gasteiger partial charge < -0.3 is 15.0 Å². The first-order valence-corrected chi connectivity index (χ1v) is 10.1. The van der Waals surface area contributed by atoms with Crippen molar-refractivity contribution in [3.63, 3.8) is 0 Å². The summed E-state index contributed by atoms with van der Waals surface area (Å²) >= 11 is 0. The lowest BCUT2D eigenvalue weighted by atomic mass is 9.96. The highest BCUT2D eigenvalue weighted by Crippen LogP contribution is 2.26. The maximum absolute atomic E-state index is 12.6. The predicted octanol–water partition coefficient (Wildman–Crippen LogP) is 3.71. The van der Waals surface area contributed by atoms with Gasteiger partial charge >= 0.3 is 0 Å². The number of carbonyl (C=O) groups is 1. The summed E-state index contributed by atoms with van der Waals surface area (Å²) in [5.74, 6) is 2.33. The van der Waals surface area contributed by atoms with Crippen molar-refractivity contribution >= 4 is 17.5 Å². The van der Waals surface area contributed by atoms with Crippen LogP contribution >= 0.6 is 0 Å². The topological polar surface area (TPSA) is 80.2 Å². The average molecular weight is 403 g/mol. The number of nitrogens with one attached hydrogen (secondary N) is 1. The average Bonchev–Trinajstić information content (AvgIpc) is 2.79. The Labute approximate surface area is 176 Å². The second-order valence-electron chi connectivity index (χ2n) is 7.46. The van der Waals surface area contributed by atoms with Gasteiger partial charge in [-0.15, -0.1) is 0 Å². The number of pyridine rings is 1. The molecule has 1 saturated heterocycles. The zero-order valence-corrected chi connectivity index (χ0v) is 17.2. The number of aryl methyl sites for hydroxylation is 1. The van der Waals surface area contributed by atoms with Gasteiger partial charge in [-0.25, -0.2) is 15.0 Å². The molecule has 0 aliphatic carbocycles. The number of anilines is 2. The molecule has 3 heterocycles. The van der Waals surface area contributed by atoms with E-state index in [1.807, 2.05) is 49.4 Å². The Kier molecular flexibility index (Phi) is 5.88. The number of carbonyl (C=O) groups excluding carboxylic acids is 1. The molecule has 1 aromatic carbocycles. The summed E-state index contributed by atoms with van der Waals surface area (Å²) in [7, 11) is 1.65. The summed E-state index contributed by atoms with van der Waals surface area (Å²) in [4.78, 5) is 27.9. The number of aromatic nitrogens is 3. The third-order valence-corrected chi connectivity index (χ3v) is 5.39. The number of ether oxygens (including phenoxy) is 1. The molecular formula is C23H25N5O2. The number of rotatable bonds is 5. The molecule has 0 saturated carbocycles. The summed E-state index contributed by atoms with van der Waals surface area (Å²) < 4.78 is 5.22. The highest BCUT2D eigenvalue weighted by Gasteiger charge is 2.26. The van der Waals surface area contributed by atoms with E-state index in [1.54, 1.807) is 19.6 Å². The van der Waals surface area contributed by atoms with Crippen LogP contribution in [0.4, 0.5) is 11.6 Å². The van der Waals surface area contributed by atoms with Gasteiger partial charge in [-0.1, -0.05) is 0 Å². The number of hydrogen-bond acceptors (Lipinski definition) is 6. The van der Waals surface area contributed by atoms with Gasteiger partial charge in [0.25, 0.3) is 0 Å². The molecule has 0 unspecified atom stereocenters. The standard InChI is InChI=1S/C23H25N5O2/c1-16-7-10-24-21(13-16)27-23(29)18-8-11-28(12-9-18)22-14-20(25-15-26-22)17-3-5-19(30-2)6-4-17/h3-7,10,13-15,18H,8-9,11-12H2,1-2H3,(H,24,27,29). The molecule has 0 radical (unpaired) electrons. The number of hydrogen-bond donors (Lipinski definition) is 1. The number of methoxy groups -OCH3 is 1. The summed E-state index contributed by atoms with van der Waals surface area (Å²) in [5.41, 5.74) is 2.96. The van der Waals surface area contributed by atoms with Crippen molar-refractivity contribution in [1.82, 2.24) is 15.0 Å². The van der Waals surface area contributed by atoms with Crippen molar-refractivity contribution in [1.29, 1.82) is 0 Å². The fourth-order valence-corrected chi connectivity index (χ4v) is 3.64. The van der Waals surface area contributed by atoms with Gasteiger partial charge in [0.1, 0.15) is 23.7 Å². The van der Waals surface area contributed by atoms with Gasteiger partial charge in [0, 0.05) is 36.8 Å². The molecule has 1 N–H and O–H groups in total. The highest BCUT2D eigenvalue weighted by atomic mass is 16.5. The fourth-order valence-electron chi connectivity index (χ4n) is 3.64. The van der Waals surface area contributed by atoms with Crippen molar-refractivity contribution in [2.75, 3.05) is 30.4 Å². The SMILES string of the molecule is COc1ccc(-c2cc(N3CCC(C(=O)Nc4cc(C)ccn4)CC3)ncn2)cc1. The summed E-state index contributed by atoms with van der Waals surface area (Å²) in [6.45, 7) is 3.54. The van der Waals surface area contributed by atoms with Crippen molar-refractivity contribution in [2.24, 2.45) is 5.92 Å². The van der Waals surface area contributed by atoms with Crippen LogP contribution in [0.25, 0.3) is 11.3 Å². The van der Waals surface area contributed by atoms with Crippen LogP contribution in [-0.2, 0) is 4.79 Å². The van der Waals surface area contributed by atoms with Crippen molar-refractivity contribution in [3.05, 3.63) is 60.6 Å². The number of piperidine rings is 1. The Morgan fingerprint density at radius 2 is 1.83 bits per heavy atom. The third-order valence-electron chi connectivity index (χ3n) is 5.39. The minimum absolute atomic E-state index is 0.0218. The second kappa shape index (κ2) is 8.90. The van der Waals surface area contributed by atoms with E-state index >= 15 is 0 Å². The van der Waals surface area contributed by atoms with E-state index in [1.165, 1.54) is 0 Å². The molecule has 30 heavy (non-hydrogen) atoms. The molecule has 1 fully saturated rings. The zero-order valence-electron chi connectivity index (χ0n) is 17.2. The van der Waals surface area contributed by atoms with E-state index in [2.05, 4.69) is 25.2 Å². The summed E-state index contributed by atoms with van der Waals surface area (Å²) in [5, 5.41) is 2.94. The van der Waals surface area contributed by atoms with E-state index in [9.17, 15) is 4.79 Å². The van der Waals surface area contributed by atoms with Crippen LogP contribution in [0.5, 0.6) is 5.75 Å². The summed E-state index contributed by atoms with van der Waals surface area (Å²) in [6.07, 6.45) is 4.86. The lowest BCUT2D eigenvalue weighted by molar-refractivity contribution is -0.120. The Morgan fingerprint density at radius 3 is 2.53 bits per heavy atom. The first-order chi connectivity index (χ1) is 14.6. The third kappa shape index (κ3) is 4.56. The van der Waals surface area contributed by atoms with Gasteiger partial charge in [0.15, 0.2) is 0 Å². The molecule has 1 aliphatic rings. The predicted molar refractivity (Wildman–Crippen MR) is 117 cm³/mol. The molecule has 0 atom stereocenters. The van der Waals surface area contributed by atoms with E-state index < -0.39 is 0 Å². The molecule has 0 bridgehead atoms. The molecule has 3 aromatic rings. The van der Waals surface area contributed by atoms with Crippen LogP contribution in [0.2, 0.25) is 0 Å². The highest BCUT2D eigenvalue weighted by molar-refractivity contribution is 5.91. The van der Waals surface area contributed by atoms with E-state index in [4.69, 9.17) is 4.74 Å². The van der Waals surface area contributed by atoms with Gasteiger partial charge in [-0.2, -0.15) is 0 Å². The normalized spacial score (nSPS) is 14.4. The first kappa shape index (κ1) is 19.8. The Balaban J connectivity index is 1.38. The zero-order chi connectivity index (χ0) is 20.9. The van der Waals surface area contributed by atoms with Crippen molar-refractivity contribution in [2.45, 2.75) is 19.8 Å². The summed E-state index contributed by atoms with van der Waals surface area (Å²) in [6, 6.07) is 13.6. The molecular weight excluding hydrogens is 378 g/mol. The lowest BCUT2D eigenvalue weighted by Crippen LogP contribution is -2.38. The quantitative estimate of drug-likeness (QED) is 0.700. The van der Waals surface area contributed by atoms with Crippen molar-refractivity contribution < 1.29 is 9.53 Å². The molecule has 1 amide bonds. The molecule has 1 aliphatic heterocycles. The molecule has 0 spiro atoms. The van der Waals surface area contributed by atoms with Crippen LogP contribution in [0.3, 0.4) is 0 Å². The smallest absolute Gasteiger partial charge is 0.228 e. The minimum Gasteiger partial charge on any atom is -0.497 e. The Hall–Kier alpha value is -3.48. The molecule has 7 heteroatoms. The maximum Gasteiger partial charge on any atom is 0.228 e. The Morgan fingerprint density at radius 1 is 1.07 bits per heavy atom. The van der Waals surface area contributed by atoms with Crippen LogP contribution in [-0.4, -0.2) is 41.1 Å². The van der Waals surface area contributed by atoms with Crippen LogP contribution in [0.15, 0.2) is 55.0 Å². The van der Waals surface area contributed by atoms with Crippen LogP contribution < -0.4 is 15.0 Å². The molecule has 154 valence electrons. The molecule has 7 nitrogen and oxygen atoms in total. The largest absolute Gasteiger partial charge is 0.497 e. The number of nitrogens with zero attached hydrogens (tertiary/aromatic N) is 4. The molecule has 2 aromatic heterocycles. The lowest BCUT2D eigenvalue weighted by Gasteiger charge is -2.32. The Bertz CT molecular complexity index is 1010. The van der Waals surface area contributed by atoms with Gasteiger partial charge in [0.2, 0.25) is 5.91 Å². The van der Waals surface area contributed by atoms with E-state index in [0.717, 1.165) is 54.3 Å². The molecule has 4 rings (SSSR count). The fraction of sp³-hybridized carbons (Fsp3) is 0.304. The van der Waals surface area contributed by atoms with Crippen LogP contribution in [0.1, 0.15) is 18.4 Å². The van der Waals surface area contributed by atoms with Gasteiger partial charge in [-0.05, 0) is 61.7 Å². The number of amides is 1. The van der Waals surface area contributed by atoms with Crippen LogP contribution in [0, 0.1) is 12.8 Å². The van der Waals surface area contributed by atoms with Gasteiger partial charge in [0.05, 0.1) is 12.8 Å². The minimum atomic E-state index is -0.0218. The second-order valence-corrected chi connectivity index (χ2v) is 7.46.